The molecule has 182 valence electrons. The van der Waals surface area contributed by atoms with E-state index in [1.165, 1.54) is 11.3 Å². The fraction of sp³-hybridized carbons (Fsp3) is 0.480. The van der Waals surface area contributed by atoms with Crippen LogP contribution in [0.5, 0.6) is 11.5 Å². The zero-order valence-electron chi connectivity index (χ0n) is 19.7. The van der Waals surface area contributed by atoms with E-state index >= 15 is 0 Å². The van der Waals surface area contributed by atoms with Crippen LogP contribution in [0.25, 0.3) is 0 Å². The molecule has 0 spiro atoms. The van der Waals surface area contributed by atoms with Gasteiger partial charge in [-0.3, -0.25) is 9.59 Å². The Morgan fingerprint density at radius 3 is 2.24 bits per heavy atom. The Labute approximate surface area is 203 Å². The predicted molar refractivity (Wildman–Crippen MR) is 129 cm³/mol. The van der Waals surface area contributed by atoms with Gasteiger partial charge in [0, 0.05) is 30.6 Å². The molecule has 1 aliphatic carbocycles. The number of piperidine rings is 1. The summed E-state index contributed by atoms with van der Waals surface area (Å²) >= 11 is 1.38. The molecule has 9 heteroatoms. The largest absolute Gasteiger partial charge is 0.497 e. The second-order valence-corrected chi connectivity index (χ2v) is 9.43. The van der Waals surface area contributed by atoms with Crippen LogP contribution in [-0.4, -0.2) is 56.6 Å². The maximum Gasteiger partial charge on any atom is 0.341 e. The molecule has 0 bridgehead atoms. The summed E-state index contributed by atoms with van der Waals surface area (Å²) in [5.41, 5.74) is 1.97. The number of likely N-dealkylation sites (tertiary alicyclic amines) is 1. The van der Waals surface area contributed by atoms with E-state index in [1.807, 2.05) is 5.38 Å². The molecule has 1 aromatic heterocycles. The number of benzene rings is 1. The van der Waals surface area contributed by atoms with Crippen molar-refractivity contribution in [3.8, 4) is 11.5 Å². The minimum Gasteiger partial charge on any atom is -0.497 e. The van der Waals surface area contributed by atoms with E-state index in [0.717, 1.165) is 18.4 Å². The predicted octanol–water partition coefficient (Wildman–Crippen LogP) is 4.31. The number of hydrogen-bond donors (Lipinski definition) is 1. The van der Waals surface area contributed by atoms with Gasteiger partial charge in [-0.15, -0.1) is 11.3 Å². The van der Waals surface area contributed by atoms with Crippen LogP contribution < -0.4 is 14.8 Å². The molecule has 1 saturated heterocycles. The maximum atomic E-state index is 13.0. The Bertz CT molecular complexity index is 1050. The average molecular weight is 487 g/mol. The Balaban J connectivity index is 1.39. The van der Waals surface area contributed by atoms with Crippen molar-refractivity contribution in [1.82, 2.24) is 4.90 Å². The third-order valence-electron chi connectivity index (χ3n) is 6.30. The van der Waals surface area contributed by atoms with Crippen molar-refractivity contribution in [2.75, 3.05) is 39.2 Å². The van der Waals surface area contributed by atoms with E-state index in [0.29, 0.717) is 59.5 Å². The standard InChI is InChI=1S/C25H30N2O6S/c1-4-33-25(30)21-20(15-5-6-15)14-34-23(21)26-22(28)16-7-9-27(10-8-16)24(29)17-11-18(31-2)13-19(12-17)32-3/h11-16H,4-10H2,1-3H3,(H,26,28). The zero-order valence-corrected chi connectivity index (χ0v) is 20.5. The third-order valence-corrected chi connectivity index (χ3v) is 7.22. The normalized spacial score (nSPS) is 16.1. The van der Waals surface area contributed by atoms with Gasteiger partial charge in [-0.1, -0.05) is 0 Å². The first kappa shape index (κ1) is 24.1. The number of nitrogens with one attached hydrogen (secondary N) is 1. The van der Waals surface area contributed by atoms with E-state index in [4.69, 9.17) is 14.2 Å². The summed E-state index contributed by atoms with van der Waals surface area (Å²) in [7, 11) is 3.09. The van der Waals surface area contributed by atoms with Crippen LogP contribution in [-0.2, 0) is 9.53 Å². The van der Waals surface area contributed by atoms with Crippen LogP contribution in [0, 0.1) is 5.92 Å². The molecule has 2 fully saturated rings. The summed E-state index contributed by atoms with van der Waals surface area (Å²) in [5.74, 6) is 0.635. The van der Waals surface area contributed by atoms with Crippen LogP contribution in [0.15, 0.2) is 23.6 Å². The third kappa shape index (κ3) is 5.19. The minimum absolute atomic E-state index is 0.118. The van der Waals surface area contributed by atoms with Gasteiger partial charge in [0.2, 0.25) is 5.91 Å². The highest BCUT2D eigenvalue weighted by atomic mass is 32.1. The van der Waals surface area contributed by atoms with Crippen LogP contribution in [0.3, 0.4) is 0 Å². The van der Waals surface area contributed by atoms with Gasteiger partial charge in [0.25, 0.3) is 5.91 Å². The summed E-state index contributed by atoms with van der Waals surface area (Å²) in [6.07, 6.45) is 3.22. The van der Waals surface area contributed by atoms with E-state index in [9.17, 15) is 14.4 Å². The highest BCUT2D eigenvalue weighted by Gasteiger charge is 2.34. The molecule has 0 atom stereocenters. The summed E-state index contributed by atoms with van der Waals surface area (Å²) < 4.78 is 15.8. The van der Waals surface area contributed by atoms with Crippen LogP contribution >= 0.6 is 11.3 Å². The SMILES string of the molecule is CCOC(=O)c1c(C2CC2)csc1NC(=O)C1CCN(C(=O)c2cc(OC)cc(OC)c2)CC1. The van der Waals surface area contributed by atoms with Crippen LogP contribution in [0.2, 0.25) is 0 Å². The van der Waals surface area contributed by atoms with Gasteiger partial charge < -0.3 is 24.4 Å². The molecule has 2 aliphatic rings. The Hall–Kier alpha value is -3.07. The zero-order chi connectivity index (χ0) is 24.2. The number of methoxy groups -OCH3 is 2. The molecule has 1 aromatic carbocycles. The number of carbonyl (C=O) groups excluding carboxylic acids is 3. The second kappa shape index (κ2) is 10.5. The van der Waals surface area contributed by atoms with Crippen molar-refractivity contribution in [1.29, 1.82) is 0 Å². The van der Waals surface area contributed by atoms with Crippen LogP contribution in [0.4, 0.5) is 5.00 Å². The van der Waals surface area contributed by atoms with Crippen LogP contribution in [0.1, 0.15) is 64.8 Å². The highest BCUT2D eigenvalue weighted by Crippen LogP contribution is 2.46. The maximum absolute atomic E-state index is 13.0. The first-order chi connectivity index (χ1) is 16.4. The van der Waals surface area contributed by atoms with Gasteiger partial charge in [0.1, 0.15) is 16.5 Å². The van der Waals surface area contributed by atoms with Crippen molar-refractivity contribution >= 4 is 34.1 Å². The van der Waals surface area contributed by atoms with E-state index in [-0.39, 0.29) is 30.3 Å². The van der Waals surface area contributed by atoms with Crippen molar-refractivity contribution in [2.24, 2.45) is 5.92 Å². The Morgan fingerprint density at radius 1 is 1.03 bits per heavy atom. The number of rotatable bonds is 8. The van der Waals surface area contributed by atoms with Crippen molar-refractivity contribution in [3.63, 3.8) is 0 Å². The fourth-order valence-electron chi connectivity index (χ4n) is 4.24. The number of esters is 1. The summed E-state index contributed by atoms with van der Waals surface area (Å²) in [5, 5.41) is 5.49. The Kier molecular flexibility index (Phi) is 7.41. The molecule has 2 aromatic rings. The molecule has 0 radical (unpaired) electrons. The minimum atomic E-state index is -0.380. The lowest BCUT2D eigenvalue weighted by Crippen LogP contribution is -2.41. The lowest BCUT2D eigenvalue weighted by Gasteiger charge is -2.31. The molecular weight excluding hydrogens is 456 g/mol. The quantitative estimate of drug-likeness (QED) is 0.559. The molecule has 0 unspecified atom stereocenters. The number of carbonyl (C=O) groups is 3. The summed E-state index contributed by atoms with van der Waals surface area (Å²) in [4.78, 5) is 40.3. The molecule has 4 rings (SSSR count). The van der Waals surface area contributed by atoms with Gasteiger partial charge in [-0.25, -0.2) is 4.79 Å². The summed E-state index contributed by atoms with van der Waals surface area (Å²) in [6.45, 7) is 3.01. The first-order valence-electron chi connectivity index (χ1n) is 11.6. The molecule has 1 N–H and O–H groups in total. The number of hydrogen-bond acceptors (Lipinski definition) is 7. The first-order valence-corrected chi connectivity index (χ1v) is 12.4. The molecule has 34 heavy (non-hydrogen) atoms. The molecule has 2 amide bonds. The second-order valence-electron chi connectivity index (χ2n) is 8.55. The van der Waals surface area contributed by atoms with Gasteiger partial charge in [-0.2, -0.15) is 0 Å². The highest BCUT2D eigenvalue weighted by molar-refractivity contribution is 7.15. The van der Waals surface area contributed by atoms with Gasteiger partial charge in [-0.05, 0) is 61.6 Å². The number of amides is 2. The molecule has 1 saturated carbocycles. The number of anilines is 1. The lowest BCUT2D eigenvalue weighted by atomic mass is 9.95. The van der Waals surface area contributed by atoms with E-state index in [1.54, 1.807) is 44.2 Å². The smallest absolute Gasteiger partial charge is 0.341 e. The topological polar surface area (TPSA) is 94.2 Å². The fourth-order valence-corrected chi connectivity index (χ4v) is 5.28. The van der Waals surface area contributed by atoms with Crippen molar-refractivity contribution in [3.05, 3.63) is 40.3 Å². The molecule has 2 heterocycles. The number of ether oxygens (including phenoxy) is 3. The van der Waals surface area contributed by atoms with Crippen molar-refractivity contribution in [2.45, 2.75) is 38.5 Å². The van der Waals surface area contributed by atoms with E-state index in [2.05, 4.69) is 5.32 Å². The van der Waals surface area contributed by atoms with Gasteiger partial charge >= 0.3 is 5.97 Å². The monoisotopic (exact) mass is 486 g/mol. The summed E-state index contributed by atoms with van der Waals surface area (Å²) in [6, 6.07) is 5.10. The molecular formula is C25H30N2O6S. The average Bonchev–Trinajstić information content (AvgIpc) is 3.63. The molecule has 1 aliphatic heterocycles. The Morgan fingerprint density at radius 2 is 1.68 bits per heavy atom. The number of thiophene rings is 1. The van der Waals surface area contributed by atoms with E-state index < -0.39 is 0 Å². The van der Waals surface area contributed by atoms with Crippen molar-refractivity contribution < 1.29 is 28.6 Å². The lowest BCUT2D eigenvalue weighted by molar-refractivity contribution is -0.121. The number of nitrogens with zero attached hydrogens (tertiary/aromatic N) is 1. The van der Waals surface area contributed by atoms with Gasteiger partial charge in [0.15, 0.2) is 0 Å². The van der Waals surface area contributed by atoms with Gasteiger partial charge in [0.05, 0.1) is 26.4 Å². The molecule has 8 nitrogen and oxygen atoms in total.